The molecule has 0 unspecified atom stereocenters. The van der Waals surface area contributed by atoms with Gasteiger partial charge in [0.25, 0.3) is 11.8 Å². The number of carbonyl (C=O) groups is 3. The smallest absolute Gasteiger partial charge is 0.335 e. The maximum Gasteiger partial charge on any atom is 0.335 e. The molecule has 0 bridgehead atoms. The Morgan fingerprint density at radius 2 is 1.68 bits per heavy atom. The highest BCUT2D eigenvalue weighted by Gasteiger charge is 2.36. The van der Waals surface area contributed by atoms with Gasteiger partial charge in [-0.1, -0.05) is 48.0 Å². The van der Waals surface area contributed by atoms with E-state index in [-0.39, 0.29) is 22.9 Å². The largest absolute Gasteiger partial charge is 0.493 e. The number of anilines is 1. The number of nitrogens with zero attached hydrogens (tertiary/aromatic N) is 1. The Bertz CT molecular complexity index is 1620. The molecule has 1 aliphatic rings. The molecule has 0 atom stereocenters. The number of barbiturate groups is 1. The van der Waals surface area contributed by atoms with Crippen LogP contribution in [0.2, 0.25) is 5.02 Å². The van der Waals surface area contributed by atoms with Crippen LogP contribution in [0.4, 0.5) is 14.9 Å². The van der Waals surface area contributed by atoms with Crippen LogP contribution in [0.15, 0.2) is 84.4 Å². The van der Waals surface area contributed by atoms with Crippen molar-refractivity contribution in [1.82, 2.24) is 5.32 Å². The zero-order valence-electron chi connectivity index (χ0n) is 20.0. The molecule has 0 radical (unpaired) electrons. The van der Waals surface area contributed by atoms with Crippen molar-refractivity contribution >= 4 is 52.0 Å². The number of hydrogen-bond donors (Lipinski definition) is 1. The summed E-state index contributed by atoms with van der Waals surface area (Å²) in [6, 6.07) is 20.9. The van der Waals surface area contributed by atoms with Gasteiger partial charge in [0.2, 0.25) is 0 Å². The molecule has 4 aromatic carbocycles. The lowest BCUT2D eigenvalue weighted by atomic mass is 10.1. The predicted molar refractivity (Wildman–Crippen MR) is 142 cm³/mol. The molecule has 1 N–H and O–H groups in total. The first-order valence-electron chi connectivity index (χ1n) is 11.5. The topological polar surface area (TPSA) is 84.9 Å². The van der Waals surface area contributed by atoms with Crippen molar-refractivity contribution in [2.45, 2.75) is 6.61 Å². The van der Waals surface area contributed by atoms with E-state index in [0.717, 1.165) is 33.4 Å². The van der Waals surface area contributed by atoms with Crippen LogP contribution < -0.4 is 19.7 Å². The lowest BCUT2D eigenvalue weighted by Crippen LogP contribution is -2.54. The van der Waals surface area contributed by atoms with Crippen molar-refractivity contribution < 1.29 is 28.2 Å². The molecule has 1 aliphatic heterocycles. The van der Waals surface area contributed by atoms with Crippen molar-refractivity contribution in [2.75, 3.05) is 12.0 Å². The van der Waals surface area contributed by atoms with Crippen molar-refractivity contribution in [2.24, 2.45) is 0 Å². The third-order valence-corrected chi connectivity index (χ3v) is 6.23. The maximum absolute atomic E-state index is 13.3. The summed E-state index contributed by atoms with van der Waals surface area (Å²) in [6.45, 7) is 0.233. The number of urea groups is 1. The van der Waals surface area contributed by atoms with Crippen LogP contribution in [-0.2, 0) is 16.2 Å². The standard InChI is InChI=1S/C29H20ClFN2O5/c1-37-25-15-18(13-23-27(34)32-29(36)33(28(23)35)22-10-8-21(31)9-11-22)14-24(30)26(25)38-16-17-6-7-19-4-2-3-5-20(19)12-17/h2-15H,16H2,1H3,(H,32,34,36)/b23-13+. The fourth-order valence-electron chi connectivity index (χ4n) is 4.10. The Morgan fingerprint density at radius 3 is 2.42 bits per heavy atom. The number of carbonyl (C=O) groups excluding carboxylic acids is 3. The van der Waals surface area contributed by atoms with Gasteiger partial charge >= 0.3 is 6.03 Å². The third kappa shape index (κ3) is 4.94. The fourth-order valence-corrected chi connectivity index (χ4v) is 4.37. The van der Waals surface area contributed by atoms with Gasteiger partial charge < -0.3 is 9.47 Å². The second-order valence-corrected chi connectivity index (χ2v) is 8.85. The molecule has 0 aliphatic carbocycles. The van der Waals surface area contributed by atoms with E-state index in [0.29, 0.717) is 17.1 Å². The molecular formula is C29H20ClFN2O5. The minimum absolute atomic E-state index is 0.111. The average molecular weight is 531 g/mol. The Kier molecular flexibility index (Phi) is 6.81. The van der Waals surface area contributed by atoms with E-state index in [9.17, 15) is 18.8 Å². The van der Waals surface area contributed by atoms with E-state index < -0.39 is 23.7 Å². The highest BCUT2D eigenvalue weighted by atomic mass is 35.5. The Hall–Kier alpha value is -4.69. The summed E-state index contributed by atoms with van der Waals surface area (Å²) >= 11 is 6.51. The summed E-state index contributed by atoms with van der Waals surface area (Å²) in [7, 11) is 1.44. The SMILES string of the molecule is COc1cc(/C=C2\C(=O)NC(=O)N(c3ccc(F)cc3)C2=O)cc(Cl)c1OCc1ccc2ccccc2c1. The number of fused-ring (bicyclic) bond motifs is 1. The number of hydrogen-bond acceptors (Lipinski definition) is 5. The van der Waals surface area contributed by atoms with Crippen molar-refractivity contribution in [1.29, 1.82) is 0 Å². The molecule has 7 nitrogen and oxygen atoms in total. The zero-order valence-corrected chi connectivity index (χ0v) is 20.8. The second-order valence-electron chi connectivity index (χ2n) is 8.44. The van der Waals surface area contributed by atoms with Crippen molar-refractivity contribution in [3.63, 3.8) is 0 Å². The van der Waals surface area contributed by atoms with Gasteiger partial charge in [-0.3, -0.25) is 14.9 Å². The summed E-state index contributed by atoms with van der Waals surface area (Å²) < 4.78 is 24.8. The molecule has 0 spiro atoms. The molecule has 1 saturated heterocycles. The first kappa shape index (κ1) is 25.0. The lowest BCUT2D eigenvalue weighted by Gasteiger charge is -2.26. The predicted octanol–water partition coefficient (Wildman–Crippen LogP) is 5.89. The van der Waals surface area contributed by atoms with Crippen molar-refractivity contribution in [3.05, 3.63) is 106 Å². The minimum atomic E-state index is -0.934. The van der Waals surface area contributed by atoms with Gasteiger partial charge in [0.15, 0.2) is 11.5 Å². The lowest BCUT2D eigenvalue weighted by molar-refractivity contribution is -0.122. The van der Waals surface area contributed by atoms with Crippen LogP contribution in [-0.4, -0.2) is 25.0 Å². The highest BCUT2D eigenvalue weighted by Crippen LogP contribution is 2.38. The molecule has 38 heavy (non-hydrogen) atoms. The Labute approximate surface area is 222 Å². The number of methoxy groups -OCH3 is 1. The molecule has 4 amide bonds. The molecule has 4 aromatic rings. The molecule has 1 heterocycles. The molecule has 0 saturated carbocycles. The maximum atomic E-state index is 13.3. The number of rotatable bonds is 6. The molecule has 5 rings (SSSR count). The quantitative estimate of drug-likeness (QED) is 0.248. The third-order valence-electron chi connectivity index (χ3n) is 5.95. The van der Waals surface area contributed by atoms with E-state index in [1.165, 1.54) is 31.4 Å². The van der Waals surface area contributed by atoms with Gasteiger partial charge in [-0.25, -0.2) is 14.1 Å². The number of benzene rings is 4. The van der Waals surface area contributed by atoms with E-state index in [1.807, 2.05) is 42.5 Å². The monoisotopic (exact) mass is 530 g/mol. The Morgan fingerprint density at radius 1 is 0.947 bits per heavy atom. The normalized spacial score (nSPS) is 14.7. The zero-order chi connectivity index (χ0) is 26.8. The van der Waals surface area contributed by atoms with E-state index in [4.69, 9.17) is 21.1 Å². The fraction of sp³-hybridized carbons (Fsp3) is 0.0690. The van der Waals surface area contributed by atoms with Gasteiger partial charge in [-0.2, -0.15) is 0 Å². The Balaban J connectivity index is 1.42. The summed E-state index contributed by atoms with van der Waals surface area (Å²) in [5.41, 5.74) is 1.11. The molecule has 0 aromatic heterocycles. The van der Waals surface area contributed by atoms with Crippen LogP contribution in [0.5, 0.6) is 11.5 Å². The van der Waals surface area contributed by atoms with Gasteiger partial charge in [-0.15, -0.1) is 0 Å². The minimum Gasteiger partial charge on any atom is -0.493 e. The molecule has 190 valence electrons. The van der Waals surface area contributed by atoms with Gasteiger partial charge in [0.1, 0.15) is 18.0 Å². The summed E-state index contributed by atoms with van der Waals surface area (Å²) in [4.78, 5) is 38.7. The number of nitrogens with one attached hydrogen (secondary N) is 1. The first-order valence-corrected chi connectivity index (χ1v) is 11.9. The summed E-state index contributed by atoms with van der Waals surface area (Å²) in [6.07, 6.45) is 1.29. The van der Waals surface area contributed by atoms with Crippen molar-refractivity contribution in [3.8, 4) is 11.5 Å². The average Bonchev–Trinajstić information content (AvgIpc) is 2.91. The summed E-state index contributed by atoms with van der Waals surface area (Å²) in [5.74, 6) is -1.68. The molecule has 9 heteroatoms. The first-order chi connectivity index (χ1) is 18.3. The van der Waals surface area contributed by atoms with E-state index in [1.54, 1.807) is 6.07 Å². The number of ether oxygens (including phenoxy) is 2. The number of halogens is 2. The molecule has 1 fully saturated rings. The molecular weight excluding hydrogens is 511 g/mol. The van der Waals surface area contributed by atoms with Crippen LogP contribution in [0.3, 0.4) is 0 Å². The van der Waals surface area contributed by atoms with E-state index >= 15 is 0 Å². The van der Waals surface area contributed by atoms with Crippen LogP contribution >= 0.6 is 11.6 Å². The van der Waals surface area contributed by atoms with Crippen LogP contribution in [0.1, 0.15) is 11.1 Å². The van der Waals surface area contributed by atoms with Gasteiger partial charge in [0.05, 0.1) is 17.8 Å². The van der Waals surface area contributed by atoms with E-state index in [2.05, 4.69) is 5.32 Å². The number of amides is 4. The van der Waals surface area contributed by atoms with Crippen LogP contribution in [0.25, 0.3) is 16.8 Å². The van der Waals surface area contributed by atoms with Crippen LogP contribution in [0, 0.1) is 5.82 Å². The van der Waals surface area contributed by atoms with Gasteiger partial charge in [-0.05, 0) is 70.4 Å². The second kappa shape index (κ2) is 10.4. The highest BCUT2D eigenvalue weighted by molar-refractivity contribution is 6.39. The summed E-state index contributed by atoms with van der Waals surface area (Å²) in [5, 5.41) is 4.52. The van der Waals surface area contributed by atoms with Gasteiger partial charge in [0, 0.05) is 0 Å². The number of imide groups is 2.